The number of carbonyl (C=O) groups is 1. The summed E-state index contributed by atoms with van der Waals surface area (Å²) in [6.45, 7) is 0. The second kappa shape index (κ2) is 9.12. The number of rotatable bonds is 5. The molecule has 2 fully saturated rings. The van der Waals surface area contributed by atoms with Gasteiger partial charge >= 0.3 is 35.5 Å². The smallest absolute Gasteiger partial charge is 1.00 e. The molecular weight excluding hydrogens is 341 g/mol. The van der Waals surface area contributed by atoms with Gasteiger partial charge in [0.2, 0.25) is 0 Å². The number of aliphatic carboxylic acids is 1. The number of nitriles is 1. The fraction of sp³-hybridized carbons (Fsp3) is 0.600. The predicted molar refractivity (Wildman–Crippen MR) is 93.9 cm³/mol. The van der Waals surface area contributed by atoms with Crippen LogP contribution in [0.3, 0.4) is 0 Å². The van der Waals surface area contributed by atoms with E-state index in [4.69, 9.17) is 9.47 Å². The van der Waals surface area contributed by atoms with E-state index in [1.54, 1.807) is 7.11 Å². The van der Waals surface area contributed by atoms with E-state index in [0.29, 0.717) is 37.2 Å². The third kappa shape index (κ3) is 4.36. The zero-order chi connectivity index (χ0) is 17.9. The summed E-state index contributed by atoms with van der Waals surface area (Å²) >= 11 is 0. The van der Waals surface area contributed by atoms with Gasteiger partial charge in [-0.3, -0.25) is 4.79 Å². The van der Waals surface area contributed by atoms with Gasteiger partial charge in [-0.2, -0.15) is 5.26 Å². The van der Waals surface area contributed by atoms with E-state index < -0.39 is 11.4 Å². The van der Waals surface area contributed by atoms with Gasteiger partial charge in [-0.25, -0.2) is 0 Å². The van der Waals surface area contributed by atoms with E-state index >= 15 is 0 Å². The van der Waals surface area contributed by atoms with E-state index in [2.05, 4.69) is 6.07 Å². The van der Waals surface area contributed by atoms with E-state index in [1.165, 1.54) is 12.8 Å². The Hall–Kier alpha value is -1.22. The Morgan fingerprint density at radius 2 is 1.88 bits per heavy atom. The molecule has 0 bridgehead atoms. The quantitative estimate of drug-likeness (QED) is 0.791. The molecule has 6 heteroatoms. The molecule has 0 saturated heterocycles. The van der Waals surface area contributed by atoms with Gasteiger partial charge in [-0.1, -0.05) is 6.07 Å². The van der Waals surface area contributed by atoms with Gasteiger partial charge in [-0.15, -0.1) is 0 Å². The Morgan fingerprint density at radius 1 is 1.23 bits per heavy atom. The Balaban J connectivity index is 0.00000182. The van der Waals surface area contributed by atoms with Gasteiger partial charge in [0.05, 0.1) is 30.6 Å². The summed E-state index contributed by atoms with van der Waals surface area (Å²) in [4.78, 5) is 11.2. The summed E-state index contributed by atoms with van der Waals surface area (Å²) in [5, 5.41) is 19.1. The molecular formula is C20H26NNaO4. The molecule has 1 aromatic rings. The minimum Gasteiger partial charge on any atom is -1.00 e. The molecule has 26 heavy (non-hydrogen) atoms. The number of hydrogen-bond acceptors (Lipinski definition) is 4. The summed E-state index contributed by atoms with van der Waals surface area (Å²) in [5.74, 6) is 0.283. The number of carboxylic acids is 1. The average molecular weight is 367 g/mol. The third-order valence-corrected chi connectivity index (χ3v) is 5.71. The van der Waals surface area contributed by atoms with Crippen molar-refractivity contribution in [2.24, 2.45) is 5.92 Å². The van der Waals surface area contributed by atoms with Crippen LogP contribution in [0.5, 0.6) is 11.5 Å². The molecule has 2 aliphatic rings. The first kappa shape index (κ1) is 21.1. The molecule has 0 atom stereocenters. The monoisotopic (exact) mass is 367 g/mol. The topological polar surface area (TPSA) is 79.5 Å². The number of methoxy groups -OCH3 is 1. The first-order valence-electron chi connectivity index (χ1n) is 9.07. The summed E-state index contributed by atoms with van der Waals surface area (Å²) in [7, 11) is 1.62. The average Bonchev–Trinajstić information content (AvgIpc) is 3.14. The third-order valence-electron chi connectivity index (χ3n) is 5.71. The van der Waals surface area contributed by atoms with Crippen LogP contribution in [0.4, 0.5) is 0 Å². The SMILES string of the molecule is COc1ccc(C2(C#N)CCC(C(=O)O)CC2)cc1OC1CCCC1.[H-].[Na+]. The molecule has 0 amide bonds. The van der Waals surface area contributed by atoms with Crippen LogP contribution in [0.25, 0.3) is 0 Å². The van der Waals surface area contributed by atoms with Gasteiger partial charge in [0.25, 0.3) is 0 Å². The summed E-state index contributed by atoms with van der Waals surface area (Å²) < 4.78 is 11.6. The summed E-state index contributed by atoms with van der Waals surface area (Å²) in [6, 6.07) is 8.18. The Bertz CT molecular complexity index is 677. The van der Waals surface area contributed by atoms with Crippen LogP contribution in [0, 0.1) is 17.2 Å². The van der Waals surface area contributed by atoms with Crippen LogP contribution in [0.15, 0.2) is 18.2 Å². The number of ether oxygens (including phenoxy) is 2. The van der Waals surface area contributed by atoms with Crippen molar-refractivity contribution in [2.75, 3.05) is 7.11 Å². The Labute approximate surface area is 178 Å². The normalized spacial score (nSPS) is 25.8. The van der Waals surface area contributed by atoms with Crippen molar-refractivity contribution in [1.82, 2.24) is 0 Å². The standard InChI is InChI=1S/C20H25NO4.Na.H/c1-24-17-7-6-15(12-18(17)25-16-4-2-3-5-16)20(13-21)10-8-14(9-11-20)19(22)23;;/h6-7,12,14,16H,2-5,8-11H2,1H3,(H,22,23);;/q;+1;-1. The fourth-order valence-corrected chi connectivity index (χ4v) is 4.07. The van der Waals surface area contributed by atoms with Gasteiger partial charge < -0.3 is 16.0 Å². The van der Waals surface area contributed by atoms with Crippen LogP contribution >= 0.6 is 0 Å². The zero-order valence-electron chi connectivity index (χ0n) is 16.7. The molecule has 0 unspecified atom stereocenters. The molecule has 1 N–H and O–H groups in total. The summed E-state index contributed by atoms with van der Waals surface area (Å²) in [5.41, 5.74) is 0.277. The van der Waals surface area contributed by atoms with Crippen molar-refractivity contribution in [1.29, 1.82) is 5.26 Å². The van der Waals surface area contributed by atoms with Crippen LogP contribution < -0.4 is 39.0 Å². The van der Waals surface area contributed by atoms with Crippen molar-refractivity contribution in [3.63, 3.8) is 0 Å². The van der Waals surface area contributed by atoms with E-state index in [1.807, 2.05) is 18.2 Å². The molecule has 0 spiro atoms. The Morgan fingerprint density at radius 3 is 2.42 bits per heavy atom. The molecule has 5 nitrogen and oxygen atoms in total. The first-order valence-corrected chi connectivity index (χ1v) is 9.07. The molecule has 0 heterocycles. The van der Waals surface area contributed by atoms with Crippen LogP contribution in [-0.2, 0) is 10.2 Å². The maximum atomic E-state index is 11.2. The predicted octanol–water partition coefficient (Wildman–Crippen LogP) is 1.17. The van der Waals surface area contributed by atoms with Crippen molar-refractivity contribution < 1.29 is 50.4 Å². The van der Waals surface area contributed by atoms with Crippen molar-refractivity contribution in [3.05, 3.63) is 23.8 Å². The van der Waals surface area contributed by atoms with Crippen LogP contribution in [0.2, 0.25) is 0 Å². The summed E-state index contributed by atoms with van der Waals surface area (Å²) in [6.07, 6.45) is 6.89. The van der Waals surface area contributed by atoms with Gasteiger partial charge in [0.1, 0.15) is 0 Å². The fourth-order valence-electron chi connectivity index (χ4n) is 4.07. The van der Waals surface area contributed by atoms with Crippen molar-refractivity contribution in [3.8, 4) is 17.6 Å². The second-order valence-corrected chi connectivity index (χ2v) is 7.20. The molecule has 2 saturated carbocycles. The van der Waals surface area contributed by atoms with Crippen molar-refractivity contribution >= 4 is 5.97 Å². The number of benzene rings is 1. The van der Waals surface area contributed by atoms with E-state index in [9.17, 15) is 15.2 Å². The van der Waals surface area contributed by atoms with Gasteiger partial charge in [0, 0.05) is 0 Å². The van der Waals surface area contributed by atoms with Crippen LogP contribution in [0.1, 0.15) is 58.4 Å². The number of hydrogen-bond donors (Lipinski definition) is 1. The maximum absolute atomic E-state index is 11.2. The molecule has 3 rings (SSSR count). The van der Waals surface area contributed by atoms with Crippen molar-refractivity contribution in [2.45, 2.75) is 62.9 Å². The second-order valence-electron chi connectivity index (χ2n) is 7.20. The van der Waals surface area contributed by atoms with Gasteiger partial charge in [-0.05, 0) is 69.1 Å². The molecule has 1 aromatic carbocycles. The number of nitrogens with zero attached hydrogens (tertiary/aromatic N) is 1. The zero-order valence-corrected chi connectivity index (χ0v) is 17.7. The maximum Gasteiger partial charge on any atom is 1.00 e. The largest absolute Gasteiger partial charge is 1.00 e. The molecule has 0 aromatic heterocycles. The molecule has 136 valence electrons. The molecule has 0 radical (unpaired) electrons. The van der Waals surface area contributed by atoms with Crippen LogP contribution in [-0.4, -0.2) is 24.3 Å². The first-order chi connectivity index (χ1) is 12.1. The van der Waals surface area contributed by atoms with E-state index in [0.717, 1.165) is 18.4 Å². The van der Waals surface area contributed by atoms with E-state index in [-0.39, 0.29) is 43.0 Å². The number of carboxylic acid groups (broad SMARTS) is 1. The Kier molecular flexibility index (Phi) is 7.40. The molecule has 0 aliphatic heterocycles. The minimum absolute atomic E-state index is 0. The molecule has 2 aliphatic carbocycles. The van der Waals surface area contributed by atoms with Gasteiger partial charge in [0.15, 0.2) is 11.5 Å². The minimum atomic E-state index is -0.758.